The van der Waals surface area contributed by atoms with Gasteiger partial charge in [-0.15, -0.1) is 0 Å². The summed E-state index contributed by atoms with van der Waals surface area (Å²) in [7, 11) is 1.45. The van der Waals surface area contributed by atoms with Crippen molar-refractivity contribution in [3.8, 4) is 5.75 Å². The Labute approximate surface area is 155 Å². The molecule has 2 rings (SSSR count). The van der Waals surface area contributed by atoms with Gasteiger partial charge in [0.25, 0.3) is 0 Å². The van der Waals surface area contributed by atoms with E-state index in [-0.39, 0.29) is 18.9 Å². The number of benzene rings is 1. The van der Waals surface area contributed by atoms with Gasteiger partial charge in [-0.3, -0.25) is 14.4 Å². The van der Waals surface area contributed by atoms with Crippen molar-refractivity contribution in [3.05, 3.63) is 48.4 Å². The topological polar surface area (TPSA) is 122 Å². The van der Waals surface area contributed by atoms with Crippen LogP contribution in [0.2, 0.25) is 0 Å². The molecular weight excluding hydrogens is 352 g/mol. The number of hydrazone groups is 1. The van der Waals surface area contributed by atoms with Gasteiger partial charge in [0.1, 0.15) is 11.5 Å². The van der Waals surface area contributed by atoms with Gasteiger partial charge >= 0.3 is 11.8 Å². The van der Waals surface area contributed by atoms with Gasteiger partial charge in [-0.25, -0.2) is 5.43 Å². The van der Waals surface area contributed by atoms with E-state index in [2.05, 4.69) is 21.2 Å². The molecule has 0 aliphatic rings. The maximum absolute atomic E-state index is 11.9. The van der Waals surface area contributed by atoms with E-state index in [1.54, 1.807) is 43.3 Å². The average Bonchev–Trinajstić information content (AvgIpc) is 3.18. The predicted octanol–water partition coefficient (Wildman–Crippen LogP) is 1.43. The molecule has 1 aromatic carbocycles. The fourth-order valence-corrected chi connectivity index (χ4v) is 2.06. The molecule has 9 heteroatoms. The van der Waals surface area contributed by atoms with Crippen LogP contribution in [-0.4, -0.2) is 30.5 Å². The number of hydrogen-bond acceptors (Lipinski definition) is 6. The summed E-state index contributed by atoms with van der Waals surface area (Å²) < 4.78 is 10.2. The number of carbonyl (C=O) groups is 3. The van der Waals surface area contributed by atoms with Crippen LogP contribution in [0.25, 0.3) is 0 Å². The fourth-order valence-electron chi connectivity index (χ4n) is 2.06. The number of carbonyl (C=O) groups excluding carboxylic acids is 3. The molecule has 0 atom stereocenters. The summed E-state index contributed by atoms with van der Waals surface area (Å²) in [6, 6.07) is 10.1. The smallest absolute Gasteiger partial charge is 0.329 e. The number of ether oxygens (including phenoxy) is 1. The highest BCUT2D eigenvalue weighted by Gasteiger charge is 2.15. The fraction of sp³-hybridized carbons (Fsp3) is 0.222. The van der Waals surface area contributed by atoms with E-state index in [1.807, 2.05) is 0 Å². The summed E-state index contributed by atoms with van der Waals surface area (Å²) in [5, 5.41) is 8.83. The van der Waals surface area contributed by atoms with Crippen molar-refractivity contribution in [2.75, 3.05) is 12.4 Å². The van der Waals surface area contributed by atoms with Crippen LogP contribution >= 0.6 is 0 Å². The highest BCUT2D eigenvalue weighted by Crippen LogP contribution is 2.22. The number of para-hydroxylation sites is 2. The molecule has 0 unspecified atom stereocenters. The molecule has 0 aliphatic carbocycles. The summed E-state index contributed by atoms with van der Waals surface area (Å²) in [6.07, 6.45) is 1.48. The normalized spacial score (nSPS) is 10.8. The molecule has 0 spiro atoms. The summed E-state index contributed by atoms with van der Waals surface area (Å²) in [5.41, 5.74) is 2.81. The Bertz CT molecular complexity index is 830. The molecule has 0 bridgehead atoms. The highest BCUT2D eigenvalue weighted by molar-refractivity contribution is 6.39. The average molecular weight is 372 g/mol. The van der Waals surface area contributed by atoms with Gasteiger partial charge in [0.05, 0.1) is 32.0 Å². The van der Waals surface area contributed by atoms with Crippen molar-refractivity contribution in [2.45, 2.75) is 19.9 Å². The van der Waals surface area contributed by atoms with Crippen molar-refractivity contribution >= 4 is 29.1 Å². The standard InChI is InChI=1S/C18H20N4O5/c1-12(10-16(23)19-11-13-6-5-9-27-13)21-22-18(25)17(24)20-14-7-3-4-8-15(14)26-2/h3-9H,10-11H2,1-2H3,(H,19,23)(H,20,24)(H,22,25)/b21-12+. The maximum atomic E-state index is 11.9. The predicted molar refractivity (Wildman–Crippen MR) is 98.0 cm³/mol. The van der Waals surface area contributed by atoms with Gasteiger partial charge in [-0.1, -0.05) is 12.1 Å². The van der Waals surface area contributed by atoms with Crippen LogP contribution in [0.4, 0.5) is 5.69 Å². The Balaban J connectivity index is 1.80. The Hall–Kier alpha value is -3.62. The number of nitrogens with zero attached hydrogens (tertiary/aromatic N) is 1. The Morgan fingerprint density at radius 3 is 2.59 bits per heavy atom. The van der Waals surface area contributed by atoms with Crippen LogP contribution < -0.4 is 20.8 Å². The van der Waals surface area contributed by atoms with Crippen LogP contribution in [0, 0.1) is 0 Å². The van der Waals surface area contributed by atoms with Crippen LogP contribution in [0.15, 0.2) is 52.2 Å². The summed E-state index contributed by atoms with van der Waals surface area (Å²) >= 11 is 0. The number of nitrogens with one attached hydrogen (secondary N) is 3. The minimum absolute atomic E-state index is 0.0326. The molecule has 2 aromatic rings. The molecule has 0 radical (unpaired) electrons. The van der Waals surface area contributed by atoms with Crippen LogP contribution in [-0.2, 0) is 20.9 Å². The van der Waals surface area contributed by atoms with Gasteiger partial charge in [0, 0.05) is 5.71 Å². The zero-order chi connectivity index (χ0) is 19.6. The lowest BCUT2D eigenvalue weighted by molar-refractivity contribution is -0.136. The summed E-state index contributed by atoms with van der Waals surface area (Å²) in [4.78, 5) is 35.5. The second-order valence-corrected chi connectivity index (χ2v) is 5.48. The van der Waals surface area contributed by atoms with Crippen molar-refractivity contribution in [2.24, 2.45) is 5.10 Å². The highest BCUT2D eigenvalue weighted by atomic mass is 16.5. The zero-order valence-corrected chi connectivity index (χ0v) is 14.9. The van der Waals surface area contributed by atoms with Crippen molar-refractivity contribution in [1.82, 2.24) is 10.7 Å². The number of hydrogen-bond donors (Lipinski definition) is 3. The number of furan rings is 1. The quantitative estimate of drug-likeness (QED) is 0.385. The monoisotopic (exact) mass is 372 g/mol. The molecular formula is C18H20N4O5. The molecule has 0 fully saturated rings. The van der Waals surface area contributed by atoms with E-state index in [4.69, 9.17) is 9.15 Å². The second kappa shape index (κ2) is 9.76. The molecule has 0 aliphatic heterocycles. The third-order valence-corrected chi connectivity index (χ3v) is 3.37. The first-order valence-electron chi connectivity index (χ1n) is 8.06. The summed E-state index contributed by atoms with van der Waals surface area (Å²) in [6.45, 7) is 1.82. The van der Waals surface area contributed by atoms with Crippen LogP contribution in [0.5, 0.6) is 5.75 Å². The number of methoxy groups -OCH3 is 1. The van der Waals surface area contributed by atoms with E-state index in [0.29, 0.717) is 22.9 Å². The number of anilines is 1. The van der Waals surface area contributed by atoms with Crippen LogP contribution in [0.1, 0.15) is 19.1 Å². The molecule has 27 heavy (non-hydrogen) atoms. The third kappa shape index (κ3) is 6.31. The molecule has 9 nitrogen and oxygen atoms in total. The minimum atomic E-state index is -0.962. The van der Waals surface area contributed by atoms with Gasteiger partial charge in [0.15, 0.2) is 0 Å². The zero-order valence-electron chi connectivity index (χ0n) is 14.9. The van der Waals surface area contributed by atoms with Gasteiger partial charge in [-0.2, -0.15) is 5.10 Å². The lowest BCUT2D eigenvalue weighted by atomic mass is 10.3. The van der Waals surface area contributed by atoms with Crippen molar-refractivity contribution in [3.63, 3.8) is 0 Å². The number of amides is 3. The first-order valence-corrected chi connectivity index (χ1v) is 8.06. The van der Waals surface area contributed by atoms with Crippen molar-refractivity contribution in [1.29, 1.82) is 0 Å². The number of rotatable bonds is 7. The Morgan fingerprint density at radius 1 is 1.11 bits per heavy atom. The van der Waals surface area contributed by atoms with Gasteiger partial charge in [-0.05, 0) is 31.2 Å². The molecule has 1 aromatic heterocycles. The molecule has 0 saturated heterocycles. The Morgan fingerprint density at radius 2 is 1.89 bits per heavy atom. The second-order valence-electron chi connectivity index (χ2n) is 5.48. The van der Waals surface area contributed by atoms with E-state index >= 15 is 0 Å². The molecule has 1 heterocycles. The third-order valence-electron chi connectivity index (χ3n) is 3.37. The molecule has 142 valence electrons. The van der Waals surface area contributed by atoms with E-state index in [0.717, 1.165) is 0 Å². The molecule has 3 N–H and O–H groups in total. The Kier molecular flexibility index (Phi) is 7.12. The van der Waals surface area contributed by atoms with Crippen molar-refractivity contribution < 1.29 is 23.5 Å². The lowest BCUT2D eigenvalue weighted by Gasteiger charge is -2.09. The summed E-state index contributed by atoms with van der Waals surface area (Å²) in [5.74, 6) is -1.11. The van der Waals surface area contributed by atoms with E-state index < -0.39 is 11.8 Å². The maximum Gasteiger partial charge on any atom is 0.329 e. The van der Waals surface area contributed by atoms with E-state index in [1.165, 1.54) is 13.4 Å². The van der Waals surface area contributed by atoms with Gasteiger partial charge in [0.2, 0.25) is 5.91 Å². The largest absolute Gasteiger partial charge is 0.495 e. The van der Waals surface area contributed by atoms with E-state index in [9.17, 15) is 14.4 Å². The minimum Gasteiger partial charge on any atom is -0.495 e. The molecule has 0 saturated carbocycles. The molecule has 3 amide bonds. The van der Waals surface area contributed by atoms with Crippen LogP contribution in [0.3, 0.4) is 0 Å². The first-order chi connectivity index (χ1) is 13.0. The first kappa shape index (κ1) is 19.7. The van der Waals surface area contributed by atoms with Gasteiger partial charge < -0.3 is 19.8 Å². The lowest BCUT2D eigenvalue weighted by Crippen LogP contribution is -2.33. The SMILES string of the molecule is COc1ccccc1NC(=O)C(=O)N/N=C(\C)CC(=O)NCc1ccco1.